The van der Waals surface area contributed by atoms with Crippen LogP contribution in [0.2, 0.25) is 5.02 Å². The largest absolute Gasteiger partial charge is 0.478 e. The predicted octanol–water partition coefficient (Wildman–Crippen LogP) is 5.96. The van der Waals surface area contributed by atoms with Crippen LogP contribution in [0.1, 0.15) is 39.3 Å². The molecule has 0 saturated carbocycles. The highest BCUT2D eigenvalue weighted by Crippen LogP contribution is 2.31. The molecule has 1 aliphatic heterocycles. The molecule has 0 spiro atoms. The lowest BCUT2D eigenvalue weighted by Crippen LogP contribution is -2.40. The Labute approximate surface area is 191 Å². The van der Waals surface area contributed by atoms with E-state index < -0.39 is 5.97 Å². The summed E-state index contributed by atoms with van der Waals surface area (Å²) < 4.78 is 6.28. The molecule has 0 amide bonds. The van der Waals surface area contributed by atoms with Crippen LogP contribution in [0.4, 0.5) is 5.69 Å². The van der Waals surface area contributed by atoms with Crippen molar-refractivity contribution in [1.82, 2.24) is 4.98 Å². The third-order valence-electron chi connectivity index (χ3n) is 5.69. The molecule has 3 aromatic rings. The highest BCUT2D eigenvalue weighted by atomic mass is 35.5. The summed E-state index contributed by atoms with van der Waals surface area (Å²) in [5.41, 5.74) is 4.19. The molecule has 2 aromatic carbocycles. The first-order chi connectivity index (χ1) is 14.9. The molecule has 162 valence electrons. The van der Waals surface area contributed by atoms with Crippen LogP contribution >= 0.6 is 22.9 Å². The summed E-state index contributed by atoms with van der Waals surface area (Å²) in [6.07, 6.45) is 2.11. The molecule has 1 N–H and O–H groups in total. The highest BCUT2D eigenvalue weighted by molar-refractivity contribution is 7.15. The molecule has 4 rings (SSSR count). The van der Waals surface area contributed by atoms with Crippen molar-refractivity contribution in [3.63, 3.8) is 0 Å². The van der Waals surface area contributed by atoms with Gasteiger partial charge in [-0.05, 0) is 56.5 Å². The zero-order valence-corrected chi connectivity index (χ0v) is 19.2. The second-order valence-electron chi connectivity index (χ2n) is 7.81. The first-order valence-corrected chi connectivity index (χ1v) is 11.5. The standard InChI is InChI=1S/C24H25ClN2O3S/c1-15-20(24(28)29)6-3-7-21(15)27-12-4-5-19(13-27)30-14-22-16(2)26-23(31-22)17-8-10-18(25)11-9-17/h3,6-11,19H,4-5,12-14H2,1-2H3,(H,28,29)/t19-/m1/s1. The van der Waals surface area contributed by atoms with Gasteiger partial charge in [0.25, 0.3) is 0 Å². The molecule has 0 unspecified atom stereocenters. The molecule has 0 bridgehead atoms. The summed E-state index contributed by atoms with van der Waals surface area (Å²) in [6, 6.07) is 13.2. The lowest BCUT2D eigenvalue weighted by molar-refractivity contribution is 0.0327. The van der Waals surface area contributed by atoms with Gasteiger partial charge < -0.3 is 14.7 Å². The van der Waals surface area contributed by atoms with E-state index in [1.165, 1.54) is 0 Å². The Bertz CT molecular complexity index is 1080. The molecule has 1 atom stereocenters. The number of hydrogen-bond acceptors (Lipinski definition) is 5. The fourth-order valence-electron chi connectivity index (χ4n) is 3.96. The van der Waals surface area contributed by atoms with Gasteiger partial charge in [0.2, 0.25) is 0 Å². The molecule has 5 nitrogen and oxygen atoms in total. The minimum atomic E-state index is -0.888. The quantitative estimate of drug-likeness (QED) is 0.495. The molecular formula is C24H25ClN2O3S. The number of piperidine rings is 1. The van der Waals surface area contributed by atoms with Gasteiger partial charge in [-0.15, -0.1) is 11.3 Å². The molecule has 0 aliphatic carbocycles. The second kappa shape index (κ2) is 9.39. The van der Waals surface area contributed by atoms with E-state index in [2.05, 4.69) is 4.90 Å². The maximum atomic E-state index is 11.5. The summed E-state index contributed by atoms with van der Waals surface area (Å²) in [5.74, 6) is -0.888. The molecule has 0 radical (unpaired) electrons. The third kappa shape index (κ3) is 4.92. The Morgan fingerprint density at radius 2 is 2.03 bits per heavy atom. The molecule has 7 heteroatoms. The van der Waals surface area contributed by atoms with Crippen molar-refractivity contribution in [3.8, 4) is 10.6 Å². The molecule has 1 fully saturated rings. The number of aromatic nitrogens is 1. The Morgan fingerprint density at radius 1 is 1.26 bits per heavy atom. The third-order valence-corrected chi connectivity index (χ3v) is 7.12. The molecular weight excluding hydrogens is 432 g/mol. The van der Waals surface area contributed by atoms with Crippen LogP contribution < -0.4 is 4.90 Å². The van der Waals surface area contributed by atoms with Crippen LogP contribution in [-0.4, -0.2) is 35.3 Å². The lowest BCUT2D eigenvalue weighted by atomic mass is 10.0. The van der Waals surface area contributed by atoms with Gasteiger partial charge >= 0.3 is 5.97 Å². The van der Waals surface area contributed by atoms with Gasteiger partial charge in [0.15, 0.2) is 0 Å². The van der Waals surface area contributed by atoms with Crippen molar-refractivity contribution in [1.29, 1.82) is 0 Å². The fourth-order valence-corrected chi connectivity index (χ4v) is 5.08. The number of ether oxygens (including phenoxy) is 1. The fraction of sp³-hybridized carbons (Fsp3) is 0.333. The number of anilines is 1. The lowest BCUT2D eigenvalue weighted by Gasteiger charge is -2.35. The molecule has 2 heterocycles. The van der Waals surface area contributed by atoms with Gasteiger partial charge in [0.05, 0.1) is 28.8 Å². The second-order valence-corrected chi connectivity index (χ2v) is 9.33. The number of nitrogens with zero attached hydrogens (tertiary/aromatic N) is 2. The van der Waals surface area contributed by atoms with E-state index >= 15 is 0 Å². The van der Waals surface area contributed by atoms with E-state index in [1.807, 2.05) is 50.2 Å². The first kappa shape index (κ1) is 21.8. The number of carbonyl (C=O) groups is 1. The number of aryl methyl sites for hydroxylation is 1. The molecule has 31 heavy (non-hydrogen) atoms. The van der Waals surface area contributed by atoms with E-state index in [4.69, 9.17) is 21.3 Å². The van der Waals surface area contributed by atoms with Crippen molar-refractivity contribution in [2.24, 2.45) is 0 Å². The number of aromatic carboxylic acids is 1. The first-order valence-electron chi connectivity index (χ1n) is 10.3. The average molecular weight is 457 g/mol. The maximum Gasteiger partial charge on any atom is 0.336 e. The Hall–Kier alpha value is -2.41. The van der Waals surface area contributed by atoms with Crippen LogP contribution in [-0.2, 0) is 11.3 Å². The number of rotatable bonds is 6. The molecule has 1 aliphatic rings. The summed E-state index contributed by atoms with van der Waals surface area (Å²) in [7, 11) is 0. The number of carboxylic acids is 1. The Morgan fingerprint density at radius 3 is 2.77 bits per heavy atom. The summed E-state index contributed by atoms with van der Waals surface area (Å²) in [6.45, 7) is 6.09. The minimum absolute atomic E-state index is 0.0992. The monoisotopic (exact) mass is 456 g/mol. The molecule has 1 saturated heterocycles. The maximum absolute atomic E-state index is 11.5. The zero-order valence-electron chi connectivity index (χ0n) is 17.6. The van der Waals surface area contributed by atoms with Gasteiger partial charge in [-0.3, -0.25) is 0 Å². The van der Waals surface area contributed by atoms with Crippen LogP contribution in [0.25, 0.3) is 10.6 Å². The summed E-state index contributed by atoms with van der Waals surface area (Å²) in [5, 5.41) is 11.1. The SMILES string of the molecule is Cc1nc(-c2ccc(Cl)cc2)sc1CO[C@@H]1CCCN(c2cccc(C(=O)O)c2C)C1. The zero-order chi connectivity index (χ0) is 22.0. The van der Waals surface area contributed by atoms with Gasteiger partial charge in [-0.25, -0.2) is 9.78 Å². The van der Waals surface area contributed by atoms with Gasteiger partial charge in [0, 0.05) is 29.4 Å². The van der Waals surface area contributed by atoms with Crippen molar-refractivity contribution >= 4 is 34.6 Å². The summed E-state index contributed by atoms with van der Waals surface area (Å²) >= 11 is 7.64. The smallest absolute Gasteiger partial charge is 0.336 e. The van der Waals surface area contributed by atoms with Crippen LogP contribution in [0.3, 0.4) is 0 Å². The van der Waals surface area contributed by atoms with Crippen molar-refractivity contribution in [2.45, 2.75) is 39.4 Å². The minimum Gasteiger partial charge on any atom is -0.478 e. The van der Waals surface area contributed by atoms with Crippen molar-refractivity contribution in [2.75, 3.05) is 18.0 Å². The van der Waals surface area contributed by atoms with E-state index in [0.29, 0.717) is 17.2 Å². The van der Waals surface area contributed by atoms with Gasteiger partial charge in [-0.2, -0.15) is 0 Å². The van der Waals surface area contributed by atoms with Crippen LogP contribution in [0.5, 0.6) is 0 Å². The van der Waals surface area contributed by atoms with E-state index in [9.17, 15) is 9.90 Å². The highest BCUT2D eigenvalue weighted by Gasteiger charge is 2.24. The van der Waals surface area contributed by atoms with Crippen LogP contribution in [0.15, 0.2) is 42.5 Å². The number of carboxylic acid groups (broad SMARTS) is 1. The van der Waals surface area contributed by atoms with Crippen molar-refractivity contribution in [3.05, 3.63) is 69.2 Å². The van der Waals surface area contributed by atoms with E-state index in [1.54, 1.807) is 17.4 Å². The Balaban J connectivity index is 1.42. The number of hydrogen-bond donors (Lipinski definition) is 1. The van der Waals surface area contributed by atoms with Crippen LogP contribution in [0, 0.1) is 13.8 Å². The number of benzene rings is 2. The Kier molecular flexibility index (Phi) is 6.60. The molecule has 1 aromatic heterocycles. The number of thiazole rings is 1. The number of halogens is 1. The van der Waals surface area contributed by atoms with E-state index in [0.717, 1.165) is 58.3 Å². The van der Waals surface area contributed by atoms with Crippen molar-refractivity contribution < 1.29 is 14.6 Å². The average Bonchev–Trinajstić information content (AvgIpc) is 3.13. The normalized spacial score (nSPS) is 16.5. The van der Waals surface area contributed by atoms with Gasteiger partial charge in [-0.1, -0.05) is 29.8 Å². The van der Waals surface area contributed by atoms with E-state index in [-0.39, 0.29) is 6.10 Å². The predicted molar refractivity (Wildman–Crippen MR) is 125 cm³/mol. The topological polar surface area (TPSA) is 62.7 Å². The summed E-state index contributed by atoms with van der Waals surface area (Å²) in [4.78, 5) is 19.6. The van der Waals surface area contributed by atoms with Gasteiger partial charge in [0.1, 0.15) is 5.01 Å².